The van der Waals surface area contributed by atoms with Gasteiger partial charge in [0.2, 0.25) is 0 Å². The van der Waals surface area contributed by atoms with E-state index in [1.807, 2.05) is 6.07 Å². The highest BCUT2D eigenvalue weighted by molar-refractivity contribution is 6.18. The zero-order valence-electron chi connectivity index (χ0n) is 15.8. The van der Waals surface area contributed by atoms with E-state index in [9.17, 15) is 0 Å². The number of hydrogen-bond acceptors (Lipinski definition) is 5. The number of nitrogens with one attached hydrogen (secondary N) is 1. The molecule has 2 fully saturated rings. The van der Waals surface area contributed by atoms with E-state index >= 15 is 0 Å². The first-order valence-corrected chi connectivity index (χ1v) is 10.1. The molecule has 0 radical (unpaired) electrons. The lowest BCUT2D eigenvalue weighted by atomic mass is 10.2. The van der Waals surface area contributed by atoms with Crippen molar-refractivity contribution in [2.24, 2.45) is 0 Å². The summed E-state index contributed by atoms with van der Waals surface area (Å²) in [6, 6.07) is 10.5. The Morgan fingerprint density at radius 2 is 1.81 bits per heavy atom. The summed E-state index contributed by atoms with van der Waals surface area (Å²) < 4.78 is 10.8. The van der Waals surface area contributed by atoms with Crippen molar-refractivity contribution in [1.82, 2.24) is 10.2 Å². The van der Waals surface area contributed by atoms with Crippen LogP contribution in [0, 0.1) is 0 Å². The Hall–Kier alpha value is -0.890. The Morgan fingerprint density at radius 3 is 2.33 bits per heavy atom. The van der Waals surface area contributed by atoms with Crippen molar-refractivity contribution < 1.29 is 19.4 Å². The highest BCUT2D eigenvalue weighted by Crippen LogP contribution is 2.11. The molecule has 2 aliphatic heterocycles. The summed E-state index contributed by atoms with van der Waals surface area (Å²) in [4.78, 5) is 11.4. The van der Waals surface area contributed by atoms with E-state index in [4.69, 9.17) is 42.6 Å². The van der Waals surface area contributed by atoms with Crippen molar-refractivity contribution in [1.29, 1.82) is 0 Å². The zero-order chi connectivity index (χ0) is 19.9. The second kappa shape index (κ2) is 15.1. The minimum atomic E-state index is -0.833. The quantitative estimate of drug-likeness (QED) is 0.728. The predicted octanol–water partition coefficient (Wildman–Crippen LogP) is 2.43. The lowest BCUT2D eigenvalue weighted by Crippen LogP contribution is -2.42. The molecule has 2 unspecified atom stereocenters. The molecule has 0 saturated carbocycles. The first-order chi connectivity index (χ1) is 13.0. The van der Waals surface area contributed by atoms with Crippen LogP contribution in [0.4, 0.5) is 0 Å². The molecule has 3 rings (SSSR count). The Kier molecular flexibility index (Phi) is 13.5. The Balaban J connectivity index is 0.000000254. The highest BCUT2D eigenvalue weighted by atomic mass is 35.5. The van der Waals surface area contributed by atoms with Gasteiger partial charge in [0.25, 0.3) is 5.97 Å². The topological polar surface area (TPSA) is 71.0 Å². The van der Waals surface area contributed by atoms with E-state index in [0.29, 0.717) is 11.8 Å². The Morgan fingerprint density at radius 1 is 1.19 bits per heavy atom. The summed E-state index contributed by atoms with van der Waals surface area (Å²) >= 11 is 11.3. The minimum absolute atomic E-state index is 0.198. The van der Waals surface area contributed by atoms with Gasteiger partial charge in [-0.1, -0.05) is 30.3 Å². The molecule has 0 aromatic heterocycles. The molecule has 154 valence electrons. The number of benzene rings is 1. The third-order valence-corrected chi connectivity index (χ3v) is 4.51. The van der Waals surface area contributed by atoms with Gasteiger partial charge in [-0.2, -0.15) is 0 Å². The molecular formula is C19H30Cl2N2O4. The number of carboxylic acids is 1. The highest BCUT2D eigenvalue weighted by Gasteiger charge is 2.19. The smallest absolute Gasteiger partial charge is 0.300 e. The normalized spacial score (nSPS) is 22.6. The number of carbonyl (C=O) groups is 1. The van der Waals surface area contributed by atoms with E-state index in [-0.39, 0.29) is 12.2 Å². The van der Waals surface area contributed by atoms with Crippen molar-refractivity contribution in [3.8, 4) is 0 Å². The number of hydrogen-bond donors (Lipinski definition) is 2. The summed E-state index contributed by atoms with van der Waals surface area (Å²) in [7, 11) is 0. The number of alkyl halides is 2. The molecular weight excluding hydrogens is 391 g/mol. The molecule has 2 aliphatic rings. The van der Waals surface area contributed by atoms with Crippen LogP contribution in [0.5, 0.6) is 0 Å². The van der Waals surface area contributed by atoms with Gasteiger partial charge in [-0.25, -0.2) is 0 Å². The third-order valence-electron chi connectivity index (χ3n) is 3.82. The van der Waals surface area contributed by atoms with Crippen molar-refractivity contribution in [3.63, 3.8) is 0 Å². The summed E-state index contributed by atoms with van der Waals surface area (Å²) in [5.41, 5.74) is 1.35. The van der Waals surface area contributed by atoms with Crippen molar-refractivity contribution in [3.05, 3.63) is 35.9 Å². The van der Waals surface area contributed by atoms with Crippen molar-refractivity contribution in [2.75, 3.05) is 51.2 Å². The summed E-state index contributed by atoms with van der Waals surface area (Å²) in [5.74, 6) is 0.359. The van der Waals surface area contributed by atoms with Crippen LogP contribution < -0.4 is 5.32 Å². The van der Waals surface area contributed by atoms with Crippen LogP contribution in [0.15, 0.2) is 30.3 Å². The minimum Gasteiger partial charge on any atom is -0.481 e. The van der Waals surface area contributed by atoms with Gasteiger partial charge in [0.15, 0.2) is 0 Å². The summed E-state index contributed by atoms with van der Waals surface area (Å²) in [5, 5.41) is 10.6. The molecule has 6 nitrogen and oxygen atoms in total. The molecule has 1 aromatic carbocycles. The lowest BCUT2D eigenvalue weighted by molar-refractivity contribution is -0.134. The number of nitrogens with zero attached hydrogens (tertiary/aromatic N) is 1. The molecule has 0 aliphatic carbocycles. The molecule has 2 heterocycles. The van der Waals surface area contributed by atoms with E-state index < -0.39 is 5.97 Å². The van der Waals surface area contributed by atoms with Crippen molar-refractivity contribution in [2.45, 2.75) is 25.7 Å². The fourth-order valence-electron chi connectivity index (χ4n) is 2.58. The van der Waals surface area contributed by atoms with E-state index in [1.165, 1.54) is 5.56 Å². The van der Waals surface area contributed by atoms with Gasteiger partial charge in [0.05, 0.1) is 25.4 Å². The number of morpholine rings is 2. The third kappa shape index (κ3) is 12.2. The predicted molar refractivity (Wildman–Crippen MR) is 109 cm³/mol. The lowest BCUT2D eigenvalue weighted by Gasteiger charge is -2.31. The number of carboxylic acid groups (broad SMARTS) is 1. The molecule has 27 heavy (non-hydrogen) atoms. The van der Waals surface area contributed by atoms with Crippen LogP contribution in [0.1, 0.15) is 12.5 Å². The second-order valence-electron chi connectivity index (χ2n) is 6.24. The maximum Gasteiger partial charge on any atom is 0.300 e. The average Bonchev–Trinajstić information content (AvgIpc) is 2.69. The van der Waals surface area contributed by atoms with Gasteiger partial charge < -0.3 is 19.9 Å². The average molecular weight is 421 g/mol. The molecule has 2 atom stereocenters. The van der Waals surface area contributed by atoms with E-state index in [1.54, 1.807) is 0 Å². The zero-order valence-corrected chi connectivity index (χ0v) is 17.3. The first-order valence-electron chi connectivity index (χ1n) is 9.06. The first kappa shape index (κ1) is 24.1. The van der Waals surface area contributed by atoms with Crippen LogP contribution in [0.25, 0.3) is 0 Å². The fraction of sp³-hybridized carbons (Fsp3) is 0.632. The van der Waals surface area contributed by atoms with Gasteiger partial charge in [-0.15, -0.1) is 23.2 Å². The van der Waals surface area contributed by atoms with Crippen LogP contribution in [0.2, 0.25) is 0 Å². The molecule has 0 amide bonds. The molecule has 1 aromatic rings. The van der Waals surface area contributed by atoms with Gasteiger partial charge in [-0.3, -0.25) is 9.69 Å². The van der Waals surface area contributed by atoms with E-state index in [0.717, 1.165) is 52.9 Å². The Bertz CT molecular complexity index is 498. The molecule has 0 bridgehead atoms. The maximum absolute atomic E-state index is 9.00. The Labute approximate surface area is 171 Å². The molecule has 8 heteroatoms. The monoisotopic (exact) mass is 420 g/mol. The van der Waals surface area contributed by atoms with Crippen LogP contribution in [-0.4, -0.2) is 79.3 Å². The number of halogens is 2. The van der Waals surface area contributed by atoms with Crippen molar-refractivity contribution >= 4 is 29.2 Å². The molecule has 2 saturated heterocycles. The molecule has 0 spiro atoms. The van der Waals surface area contributed by atoms with Crippen LogP contribution in [-0.2, 0) is 20.8 Å². The molecule has 2 N–H and O–H groups in total. The largest absolute Gasteiger partial charge is 0.481 e. The standard InChI is InChI=1S/C12H16ClNO.C5H10ClNO.C2H4O2/c13-8-12-10-14(6-7-15-12)9-11-4-2-1-3-5-11;6-3-5-4-7-1-2-8-5;1-2(3)4/h1-5,12H,6-10H2;5,7H,1-4H2;1H3,(H,3,4). The fourth-order valence-corrected chi connectivity index (χ4v) is 2.96. The van der Waals surface area contributed by atoms with Gasteiger partial charge in [0.1, 0.15) is 0 Å². The second-order valence-corrected chi connectivity index (χ2v) is 6.86. The van der Waals surface area contributed by atoms with Gasteiger partial charge in [-0.05, 0) is 5.56 Å². The van der Waals surface area contributed by atoms with E-state index in [2.05, 4.69) is 34.5 Å². The van der Waals surface area contributed by atoms with Crippen LogP contribution in [0.3, 0.4) is 0 Å². The SMILES string of the molecule is CC(=O)O.ClCC1CN(Cc2ccccc2)CCO1.ClCC1CNCCO1. The maximum atomic E-state index is 9.00. The van der Waals surface area contributed by atoms with Gasteiger partial charge >= 0.3 is 0 Å². The van der Waals surface area contributed by atoms with Gasteiger partial charge in [0, 0.05) is 51.4 Å². The number of ether oxygens (including phenoxy) is 2. The number of rotatable bonds is 4. The summed E-state index contributed by atoms with van der Waals surface area (Å²) in [6.45, 7) is 7.50. The number of aliphatic carboxylic acids is 1. The summed E-state index contributed by atoms with van der Waals surface area (Å²) in [6.07, 6.45) is 0.439. The van der Waals surface area contributed by atoms with Crippen LogP contribution >= 0.6 is 23.2 Å².